The lowest BCUT2D eigenvalue weighted by molar-refractivity contribution is -0.128. The van der Waals surface area contributed by atoms with Crippen molar-refractivity contribution < 1.29 is 9.53 Å². The first kappa shape index (κ1) is 14.5. The second kappa shape index (κ2) is 6.97. The Morgan fingerprint density at radius 3 is 2.71 bits per heavy atom. The Bertz CT molecular complexity index is 246. The number of carbonyl (C=O) groups is 1. The SMILES string of the molecule is COCCCNC(=O)C1CC(N)C(C)CC1C. The third kappa shape index (κ3) is 4.28. The summed E-state index contributed by atoms with van der Waals surface area (Å²) in [6.45, 7) is 5.72. The van der Waals surface area contributed by atoms with Gasteiger partial charge < -0.3 is 15.8 Å². The molecule has 0 spiro atoms. The van der Waals surface area contributed by atoms with E-state index in [1.807, 2.05) is 0 Å². The Labute approximate surface area is 104 Å². The summed E-state index contributed by atoms with van der Waals surface area (Å²) in [5.74, 6) is 1.22. The summed E-state index contributed by atoms with van der Waals surface area (Å²) in [6, 6.07) is 0.168. The molecule has 4 nitrogen and oxygen atoms in total. The Kier molecular flexibility index (Phi) is 5.92. The first-order valence-electron chi connectivity index (χ1n) is 6.58. The van der Waals surface area contributed by atoms with Crippen molar-refractivity contribution in [3.63, 3.8) is 0 Å². The summed E-state index contributed by atoms with van der Waals surface area (Å²) >= 11 is 0. The lowest BCUT2D eigenvalue weighted by atomic mass is 9.72. The van der Waals surface area contributed by atoms with Crippen molar-refractivity contribution >= 4 is 5.91 Å². The number of rotatable bonds is 5. The summed E-state index contributed by atoms with van der Waals surface area (Å²) in [6.07, 6.45) is 2.74. The van der Waals surface area contributed by atoms with E-state index < -0.39 is 0 Å². The van der Waals surface area contributed by atoms with E-state index in [1.165, 1.54) is 0 Å². The van der Waals surface area contributed by atoms with Crippen molar-refractivity contribution in [3.05, 3.63) is 0 Å². The minimum Gasteiger partial charge on any atom is -0.385 e. The molecule has 0 bridgehead atoms. The van der Waals surface area contributed by atoms with Gasteiger partial charge in [-0.2, -0.15) is 0 Å². The zero-order chi connectivity index (χ0) is 12.8. The molecule has 4 atom stereocenters. The minimum absolute atomic E-state index is 0.0868. The molecule has 1 fully saturated rings. The van der Waals surface area contributed by atoms with Gasteiger partial charge in [0.1, 0.15) is 0 Å². The highest BCUT2D eigenvalue weighted by atomic mass is 16.5. The Morgan fingerprint density at radius 1 is 1.35 bits per heavy atom. The molecule has 1 rings (SSSR count). The summed E-state index contributed by atoms with van der Waals surface area (Å²) in [5, 5.41) is 2.98. The van der Waals surface area contributed by atoms with Crippen LogP contribution < -0.4 is 11.1 Å². The quantitative estimate of drug-likeness (QED) is 0.711. The zero-order valence-corrected chi connectivity index (χ0v) is 11.2. The van der Waals surface area contributed by atoms with Gasteiger partial charge in [0.2, 0.25) is 5.91 Å². The molecule has 100 valence electrons. The van der Waals surface area contributed by atoms with Gasteiger partial charge in [-0.25, -0.2) is 0 Å². The third-order valence-electron chi connectivity index (χ3n) is 3.85. The second-order valence-corrected chi connectivity index (χ2v) is 5.33. The maximum Gasteiger partial charge on any atom is 0.223 e. The molecule has 1 amide bonds. The van der Waals surface area contributed by atoms with E-state index in [-0.39, 0.29) is 17.9 Å². The molecule has 3 N–H and O–H groups in total. The van der Waals surface area contributed by atoms with Crippen LogP contribution in [0, 0.1) is 17.8 Å². The number of methoxy groups -OCH3 is 1. The van der Waals surface area contributed by atoms with Crippen molar-refractivity contribution in [1.29, 1.82) is 0 Å². The zero-order valence-electron chi connectivity index (χ0n) is 11.2. The predicted molar refractivity (Wildman–Crippen MR) is 68.5 cm³/mol. The van der Waals surface area contributed by atoms with E-state index >= 15 is 0 Å². The van der Waals surface area contributed by atoms with Gasteiger partial charge in [-0.3, -0.25) is 4.79 Å². The van der Waals surface area contributed by atoms with Crippen molar-refractivity contribution in [3.8, 4) is 0 Å². The fourth-order valence-corrected chi connectivity index (χ4v) is 2.61. The van der Waals surface area contributed by atoms with Gasteiger partial charge >= 0.3 is 0 Å². The predicted octanol–water partition coefficient (Wildman–Crippen LogP) is 1.15. The molecule has 1 aliphatic carbocycles. The monoisotopic (exact) mass is 242 g/mol. The number of ether oxygens (including phenoxy) is 1. The number of amides is 1. The van der Waals surface area contributed by atoms with Crippen LogP contribution in [0.5, 0.6) is 0 Å². The topological polar surface area (TPSA) is 64.3 Å². The molecule has 0 aromatic rings. The number of nitrogens with one attached hydrogen (secondary N) is 1. The van der Waals surface area contributed by atoms with E-state index in [4.69, 9.17) is 10.5 Å². The average molecular weight is 242 g/mol. The van der Waals surface area contributed by atoms with Crippen LogP contribution in [0.4, 0.5) is 0 Å². The lowest BCUT2D eigenvalue weighted by Crippen LogP contribution is -2.45. The molecule has 1 aliphatic rings. The van der Waals surface area contributed by atoms with Gasteiger partial charge in [0.15, 0.2) is 0 Å². The molecule has 1 saturated carbocycles. The first-order valence-corrected chi connectivity index (χ1v) is 6.58. The van der Waals surface area contributed by atoms with E-state index in [0.717, 1.165) is 19.3 Å². The summed E-state index contributed by atoms with van der Waals surface area (Å²) in [5.41, 5.74) is 6.05. The second-order valence-electron chi connectivity index (χ2n) is 5.33. The van der Waals surface area contributed by atoms with Gasteiger partial charge in [-0.15, -0.1) is 0 Å². The van der Waals surface area contributed by atoms with Crippen LogP contribution >= 0.6 is 0 Å². The molecule has 0 saturated heterocycles. The molecule has 0 radical (unpaired) electrons. The third-order valence-corrected chi connectivity index (χ3v) is 3.85. The normalized spacial score (nSPS) is 33.4. The van der Waals surface area contributed by atoms with Crippen LogP contribution in [0.2, 0.25) is 0 Å². The van der Waals surface area contributed by atoms with Gasteiger partial charge in [-0.05, 0) is 31.1 Å². The van der Waals surface area contributed by atoms with E-state index in [2.05, 4.69) is 19.2 Å². The Balaban J connectivity index is 2.35. The summed E-state index contributed by atoms with van der Waals surface area (Å²) in [4.78, 5) is 12.0. The number of hydrogen-bond donors (Lipinski definition) is 2. The van der Waals surface area contributed by atoms with Crippen LogP contribution in [0.25, 0.3) is 0 Å². The van der Waals surface area contributed by atoms with Crippen molar-refractivity contribution in [1.82, 2.24) is 5.32 Å². The van der Waals surface area contributed by atoms with Crippen LogP contribution in [0.15, 0.2) is 0 Å². The van der Waals surface area contributed by atoms with Crippen molar-refractivity contribution in [2.75, 3.05) is 20.3 Å². The van der Waals surface area contributed by atoms with Crippen molar-refractivity contribution in [2.24, 2.45) is 23.5 Å². The van der Waals surface area contributed by atoms with Crippen LogP contribution in [-0.4, -0.2) is 32.2 Å². The lowest BCUT2D eigenvalue weighted by Gasteiger charge is -2.36. The maximum atomic E-state index is 12.0. The largest absolute Gasteiger partial charge is 0.385 e. The fourth-order valence-electron chi connectivity index (χ4n) is 2.61. The molecule has 17 heavy (non-hydrogen) atoms. The highest BCUT2D eigenvalue weighted by Gasteiger charge is 2.34. The van der Waals surface area contributed by atoms with E-state index in [0.29, 0.717) is 25.0 Å². The number of carbonyl (C=O) groups excluding carboxylic acids is 1. The van der Waals surface area contributed by atoms with Gasteiger partial charge in [0.25, 0.3) is 0 Å². The van der Waals surface area contributed by atoms with Crippen LogP contribution in [-0.2, 0) is 9.53 Å². The molecular formula is C13H26N2O2. The summed E-state index contributed by atoms with van der Waals surface area (Å²) < 4.78 is 4.95. The highest BCUT2D eigenvalue weighted by molar-refractivity contribution is 5.79. The van der Waals surface area contributed by atoms with Crippen LogP contribution in [0.3, 0.4) is 0 Å². The maximum absolute atomic E-state index is 12.0. The smallest absolute Gasteiger partial charge is 0.223 e. The molecule has 0 aromatic carbocycles. The molecule has 0 aromatic heterocycles. The molecule has 0 aliphatic heterocycles. The highest BCUT2D eigenvalue weighted by Crippen LogP contribution is 2.32. The van der Waals surface area contributed by atoms with E-state index in [1.54, 1.807) is 7.11 Å². The molecular weight excluding hydrogens is 216 g/mol. The first-order chi connectivity index (χ1) is 8.06. The van der Waals surface area contributed by atoms with Crippen LogP contribution in [0.1, 0.15) is 33.1 Å². The molecule has 4 heteroatoms. The fraction of sp³-hybridized carbons (Fsp3) is 0.923. The standard InChI is InChI=1S/C13H26N2O2/c1-9-7-10(2)12(14)8-11(9)13(16)15-5-4-6-17-3/h9-12H,4-8,14H2,1-3H3,(H,15,16). The van der Waals surface area contributed by atoms with Crippen molar-refractivity contribution in [2.45, 2.75) is 39.2 Å². The van der Waals surface area contributed by atoms with E-state index in [9.17, 15) is 4.79 Å². The molecule has 0 heterocycles. The number of nitrogens with two attached hydrogens (primary N) is 1. The minimum atomic E-state index is 0.0868. The van der Waals surface area contributed by atoms with Gasteiger partial charge in [0, 0.05) is 32.2 Å². The molecule has 4 unspecified atom stereocenters. The number of hydrogen-bond acceptors (Lipinski definition) is 3. The summed E-state index contributed by atoms with van der Waals surface area (Å²) in [7, 11) is 1.67. The average Bonchev–Trinajstić information content (AvgIpc) is 2.29. The Morgan fingerprint density at radius 2 is 2.06 bits per heavy atom. The van der Waals surface area contributed by atoms with Gasteiger partial charge in [-0.1, -0.05) is 13.8 Å². The Hall–Kier alpha value is -0.610. The van der Waals surface area contributed by atoms with Gasteiger partial charge in [0.05, 0.1) is 0 Å².